The second kappa shape index (κ2) is 9.14. The zero-order chi connectivity index (χ0) is 18.2. The molecular formula is C17H14Cl2N2O4. The SMILES string of the molecule is C#CCONC(=O)[C@@H](C)Oc1ccc(Oc2ncc(Cl)cc2Cl)cc1. The molecule has 1 aromatic heterocycles. The van der Waals surface area contributed by atoms with E-state index in [1.54, 1.807) is 31.2 Å². The highest BCUT2D eigenvalue weighted by Crippen LogP contribution is 2.29. The minimum absolute atomic E-state index is 0.0220. The van der Waals surface area contributed by atoms with E-state index < -0.39 is 12.0 Å². The number of pyridine rings is 1. The smallest absolute Gasteiger partial charge is 0.284 e. The molecule has 0 fully saturated rings. The molecular weight excluding hydrogens is 367 g/mol. The summed E-state index contributed by atoms with van der Waals surface area (Å²) in [6.45, 7) is 1.56. The van der Waals surface area contributed by atoms with Crippen molar-refractivity contribution in [3.8, 4) is 29.7 Å². The van der Waals surface area contributed by atoms with Gasteiger partial charge in [-0.3, -0.25) is 9.63 Å². The van der Waals surface area contributed by atoms with Gasteiger partial charge in [0.1, 0.15) is 23.1 Å². The predicted molar refractivity (Wildman–Crippen MR) is 93.8 cm³/mol. The van der Waals surface area contributed by atoms with Crippen molar-refractivity contribution in [2.45, 2.75) is 13.0 Å². The maximum atomic E-state index is 11.7. The molecule has 1 atom stereocenters. The second-order valence-corrected chi connectivity index (χ2v) is 5.58. The highest BCUT2D eigenvalue weighted by molar-refractivity contribution is 6.35. The molecule has 0 bridgehead atoms. The molecule has 1 N–H and O–H groups in total. The highest BCUT2D eigenvalue weighted by atomic mass is 35.5. The molecule has 0 saturated carbocycles. The molecule has 25 heavy (non-hydrogen) atoms. The number of hydroxylamine groups is 1. The number of aromatic nitrogens is 1. The number of hydrogen-bond donors (Lipinski definition) is 1. The number of hydrogen-bond acceptors (Lipinski definition) is 5. The van der Waals surface area contributed by atoms with Gasteiger partial charge in [0.05, 0.1) is 5.02 Å². The first kappa shape index (κ1) is 18.9. The van der Waals surface area contributed by atoms with Crippen LogP contribution in [0.5, 0.6) is 17.4 Å². The standard InChI is InChI=1S/C17H14Cl2N2O4/c1-3-8-23-21-16(22)11(2)24-13-4-6-14(7-5-13)25-17-15(19)9-12(18)10-20-17/h1,4-7,9-11H,8H2,2H3,(H,21,22)/t11-/m1/s1. The molecule has 0 aliphatic carbocycles. The number of carbonyl (C=O) groups excluding carboxylic acids is 1. The Bertz CT molecular complexity index is 775. The predicted octanol–water partition coefficient (Wildman–Crippen LogP) is 3.63. The van der Waals surface area contributed by atoms with E-state index in [2.05, 4.69) is 16.4 Å². The molecule has 1 heterocycles. The lowest BCUT2D eigenvalue weighted by atomic mass is 10.3. The largest absolute Gasteiger partial charge is 0.481 e. The zero-order valence-corrected chi connectivity index (χ0v) is 14.7. The Labute approximate surface area is 155 Å². The van der Waals surface area contributed by atoms with Gasteiger partial charge in [-0.1, -0.05) is 29.1 Å². The summed E-state index contributed by atoms with van der Waals surface area (Å²) in [5.41, 5.74) is 2.19. The first-order chi connectivity index (χ1) is 12.0. The molecule has 2 aromatic rings. The van der Waals surface area contributed by atoms with Gasteiger partial charge in [0.15, 0.2) is 6.10 Å². The monoisotopic (exact) mass is 380 g/mol. The number of rotatable bonds is 7. The number of terminal acetylenes is 1. The minimum atomic E-state index is -0.767. The van der Waals surface area contributed by atoms with Crippen molar-refractivity contribution in [1.82, 2.24) is 10.5 Å². The number of ether oxygens (including phenoxy) is 2. The number of benzene rings is 1. The van der Waals surface area contributed by atoms with E-state index in [1.165, 1.54) is 12.3 Å². The van der Waals surface area contributed by atoms with Gasteiger partial charge in [-0.25, -0.2) is 10.5 Å². The van der Waals surface area contributed by atoms with Crippen LogP contribution in [0.15, 0.2) is 36.5 Å². The van der Waals surface area contributed by atoms with Crippen LogP contribution in [0.4, 0.5) is 0 Å². The van der Waals surface area contributed by atoms with Crippen LogP contribution in [-0.4, -0.2) is 23.6 Å². The molecule has 0 spiro atoms. The van der Waals surface area contributed by atoms with E-state index in [-0.39, 0.29) is 12.5 Å². The topological polar surface area (TPSA) is 69.7 Å². The summed E-state index contributed by atoms with van der Waals surface area (Å²) in [7, 11) is 0. The van der Waals surface area contributed by atoms with Crippen LogP contribution in [0.25, 0.3) is 0 Å². The Morgan fingerprint density at radius 3 is 2.64 bits per heavy atom. The third kappa shape index (κ3) is 5.84. The van der Waals surface area contributed by atoms with Crippen molar-refractivity contribution in [1.29, 1.82) is 0 Å². The van der Waals surface area contributed by atoms with E-state index in [0.29, 0.717) is 21.5 Å². The van der Waals surface area contributed by atoms with Gasteiger partial charge in [0.25, 0.3) is 5.91 Å². The third-order valence-electron chi connectivity index (χ3n) is 2.82. The van der Waals surface area contributed by atoms with Crippen molar-refractivity contribution >= 4 is 29.1 Å². The van der Waals surface area contributed by atoms with Crippen molar-refractivity contribution in [3.05, 3.63) is 46.6 Å². The first-order valence-electron chi connectivity index (χ1n) is 7.10. The first-order valence-corrected chi connectivity index (χ1v) is 7.86. The lowest BCUT2D eigenvalue weighted by Crippen LogP contribution is -2.36. The van der Waals surface area contributed by atoms with Crippen LogP contribution < -0.4 is 15.0 Å². The van der Waals surface area contributed by atoms with Gasteiger partial charge in [-0.05, 0) is 37.3 Å². The molecule has 0 saturated heterocycles. The maximum Gasteiger partial charge on any atom is 0.284 e. The fourth-order valence-electron chi connectivity index (χ4n) is 1.66. The molecule has 6 nitrogen and oxygen atoms in total. The zero-order valence-electron chi connectivity index (χ0n) is 13.2. The van der Waals surface area contributed by atoms with Crippen molar-refractivity contribution in [3.63, 3.8) is 0 Å². The number of nitrogens with one attached hydrogen (secondary N) is 1. The molecule has 1 amide bonds. The molecule has 1 aromatic carbocycles. The number of carbonyl (C=O) groups is 1. The van der Waals surface area contributed by atoms with E-state index in [1.807, 2.05) is 0 Å². The molecule has 0 aliphatic heterocycles. The number of halogens is 2. The molecule has 8 heteroatoms. The molecule has 2 rings (SSSR count). The quantitative estimate of drug-likeness (QED) is 0.451. The van der Waals surface area contributed by atoms with Crippen molar-refractivity contribution in [2.24, 2.45) is 0 Å². The Kier molecular flexibility index (Phi) is 6.90. The Morgan fingerprint density at radius 2 is 2.00 bits per heavy atom. The Balaban J connectivity index is 1.93. The summed E-state index contributed by atoms with van der Waals surface area (Å²) in [6.07, 6.45) is 5.68. The summed E-state index contributed by atoms with van der Waals surface area (Å²) in [5.74, 6) is 2.99. The number of amides is 1. The third-order valence-corrected chi connectivity index (χ3v) is 3.30. The van der Waals surface area contributed by atoms with Crippen LogP contribution in [-0.2, 0) is 9.63 Å². The minimum Gasteiger partial charge on any atom is -0.481 e. The summed E-state index contributed by atoms with van der Waals surface area (Å²) in [6, 6.07) is 8.13. The number of nitrogens with zero attached hydrogens (tertiary/aromatic N) is 1. The maximum absolute atomic E-state index is 11.7. The molecule has 130 valence electrons. The highest BCUT2D eigenvalue weighted by Gasteiger charge is 2.14. The Hall–Kier alpha value is -2.46. The van der Waals surface area contributed by atoms with Crippen molar-refractivity contribution in [2.75, 3.05) is 6.61 Å². The lowest BCUT2D eigenvalue weighted by molar-refractivity contribution is -0.139. The Morgan fingerprint density at radius 1 is 1.32 bits per heavy atom. The fourth-order valence-corrected chi connectivity index (χ4v) is 2.08. The molecule has 0 unspecified atom stereocenters. The summed E-state index contributed by atoms with van der Waals surface area (Å²) in [5, 5.41) is 0.713. The fraction of sp³-hybridized carbons (Fsp3) is 0.176. The molecule has 0 aliphatic rings. The summed E-state index contributed by atoms with van der Waals surface area (Å²) >= 11 is 11.8. The van der Waals surface area contributed by atoms with E-state index in [0.717, 1.165) is 0 Å². The molecule has 0 radical (unpaired) electrons. The summed E-state index contributed by atoms with van der Waals surface area (Å²) in [4.78, 5) is 20.5. The van der Waals surface area contributed by atoms with Crippen LogP contribution in [0.3, 0.4) is 0 Å². The normalized spacial score (nSPS) is 11.3. The van der Waals surface area contributed by atoms with Gasteiger partial charge >= 0.3 is 0 Å². The van der Waals surface area contributed by atoms with Crippen LogP contribution in [0, 0.1) is 12.3 Å². The van der Waals surface area contributed by atoms with Gasteiger partial charge in [-0.2, -0.15) is 0 Å². The van der Waals surface area contributed by atoms with Gasteiger partial charge < -0.3 is 9.47 Å². The summed E-state index contributed by atoms with van der Waals surface area (Å²) < 4.78 is 11.1. The van der Waals surface area contributed by atoms with Gasteiger partial charge in [0.2, 0.25) is 5.88 Å². The van der Waals surface area contributed by atoms with Gasteiger partial charge in [0, 0.05) is 6.20 Å². The van der Waals surface area contributed by atoms with E-state index in [9.17, 15) is 4.79 Å². The average Bonchev–Trinajstić information content (AvgIpc) is 2.59. The van der Waals surface area contributed by atoms with Crippen LogP contribution >= 0.6 is 23.2 Å². The van der Waals surface area contributed by atoms with Crippen LogP contribution in [0.2, 0.25) is 10.0 Å². The lowest BCUT2D eigenvalue weighted by Gasteiger charge is -2.14. The second-order valence-electron chi connectivity index (χ2n) is 4.73. The van der Waals surface area contributed by atoms with E-state index >= 15 is 0 Å². The van der Waals surface area contributed by atoms with Crippen LogP contribution in [0.1, 0.15) is 6.92 Å². The van der Waals surface area contributed by atoms with E-state index in [4.69, 9.17) is 43.9 Å². The van der Waals surface area contributed by atoms with Crippen molar-refractivity contribution < 1.29 is 19.1 Å². The van der Waals surface area contributed by atoms with Gasteiger partial charge in [-0.15, -0.1) is 6.42 Å². The average molecular weight is 381 g/mol.